The molecule has 0 spiro atoms. The van der Waals surface area contributed by atoms with Crippen molar-refractivity contribution in [1.82, 2.24) is 15.0 Å². The number of nitrogens with one attached hydrogen (secondary N) is 1. The Balaban J connectivity index is 2.72. The summed E-state index contributed by atoms with van der Waals surface area (Å²) in [7, 11) is 0. The van der Waals surface area contributed by atoms with Crippen molar-refractivity contribution in [3.8, 4) is 11.4 Å². The fourth-order valence-corrected chi connectivity index (χ4v) is 1.82. The zero-order chi connectivity index (χ0) is 11.7. The normalized spacial score (nSPS) is 10.4. The quantitative estimate of drug-likeness (QED) is 0.814. The van der Waals surface area contributed by atoms with Gasteiger partial charge in [-0.05, 0) is 12.1 Å². The number of hydrogen-bond donors (Lipinski definition) is 2. The molecule has 0 saturated carbocycles. The van der Waals surface area contributed by atoms with Crippen LogP contribution < -0.4 is 11.4 Å². The molecular formula is C9H6Cl2N4O. The maximum Gasteiger partial charge on any atom is 0.349 e. The molecule has 7 heteroatoms. The Morgan fingerprint density at radius 1 is 1.19 bits per heavy atom. The maximum absolute atomic E-state index is 11.1. The van der Waals surface area contributed by atoms with E-state index in [-0.39, 0.29) is 11.8 Å². The van der Waals surface area contributed by atoms with E-state index in [1.54, 1.807) is 18.2 Å². The molecule has 3 N–H and O–H groups in total. The smallest absolute Gasteiger partial charge is 0.349 e. The predicted octanol–water partition coefficient (Wildman–Crippen LogP) is 1.72. The lowest BCUT2D eigenvalue weighted by Gasteiger charge is -2.05. The molecule has 0 atom stereocenters. The number of nitrogens with zero attached hydrogens (tertiary/aromatic N) is 2. The van der Waals surface area contributed by atoms with E-state index >= 15 is 0 Å². The van der Waals surface area contributed by atoms with Gasteiger partial charge in [-0.2, -0.15) is 9.97 Å². The van der Waals surface area contributed by atoms with Crippen molar-refractivity contribution < 1.29 is 0 Å². The first-order valence-corrected chi connectivity index (χ1v) is 5.02. The first-order chi connectivity index (χ1) is 7.58. The van der Waals surface area contributed by atoms with Crippen molar-refractivity contribution in [3.05, 3.63) is 38.7 Å². The van der Waals surface area contributed by atoms with Crippen LogP contribution in [0.15, 0.2) is 23.0 Å². The van der Waals surface area contributed by atoms with Gasteiger partial charge < -0.3 is 5.73 Å². The number of anilines is 1. The van der Waals surface area contributed by atoms with E-state index in [4.69, 9.17) is 28.9 Å². The Hall–Kier alpha value is -1.59. The molecule has 0 unspecified atom stereocenters. The first-order valence-electron chi connectivity index (χ1n) is 4.26. The van der Waals surface area contributed by atoms with Crippen LogP contribution in [0.1, 0.15) is 0 Å². The lowest BCUT2D eigenvalue weighted by molar-refractivity contribution is 1.01. The minimum absolute atomic E-state index is 0.130. The third-order valence-corrected chi connectivity index (χ3v) is 2.50. The molecule has 2 aromatic rings. The van der Waals surface area contributed by atoms with Crippen LogP contribution in [0, 0.1) is 0 Å². The maximum atomic E-state index is 11.1. The van der Waals surface area contributed by atoms with Gasteiger partial charge in [0.15, 0.2) is 0 Å². The molecule has 82 valence electrons. The van der Waals surface area contributed by atoms with Gasteiger partial charge in [0.1, 0.15) is 5.82 Å². The summed E-state index contributed by atoms with van der Waals surface area (Å²) in [5, 5.41) is 0.752. The summed E-state index contributed by atoms with van der Waals surface area (Å²) in [5.41, 5.74) is 5.20. The average Bonchev–Trinajstić information content (AvgIpc) is 2.15. The van der Waals surface area contributed by atoms with E-state index in [0.29, 0.717) is 15.6 Å². The molecule has 0 aliphatic carbocycles. The zero-order valence-electron chi connectivity index (χ0n) is 7.87. The van der Waals surface area contributed by atoms with Gasteiger partial charge in [-0.1, -0.05) is 29.3 Å². The molecule has 0 fully saturated rings. The molecular weight excluding hydrogens is 251 g/mol. The molecule has 1 aromatic carbocycles. The number of rotatable bonds is 1. The number of aromatic amines is 1. The summed E-state index contributed by atoms with van der Waals surface area (Å²) >= 11 is 11.9. The van der Waals surface area contributed by atoms with Gasteiger partial charge in [-0.3, -0.25) is 4.98 Å². The van der Waals surface area contributed by atoms with E-state index in [2.05, 4.69) is 15.0 Å². The minimum Gasteiger partial charge on any atom is -0.368 e. The lowest BCUT2D eigenvalue weighted by Crippen LogP contribution is -2.15. The van der Waals surface area contributed by atoms with Crippen LogP contribution in [0.25, 0.3) is 11.4 Å². The van der Waals surface area contributed by atoms with Gasteiger partial charge >= 0.3 is 5.69 Å². The monoisotopic (exact) mass is 256 g/mol. The van der Waals surface area contributed by atoms with Crippen molar-refractivity contribution in [3.63, 3.8) is 0 Å². The van der Waals surface area contributed by atoms with Crippen molar-refractivity contribution in [2.24, 2.45) is 0 Å². The molecule has 1 heterocycles. The molecule has 1 aromatic heterocycles. The van der Waals surface area contributed by atoms with Crippen LogP contribution in [-0.2, 0) is 0 Å². The average molecular weight is 257 g/mol. The molecule has 5 nitrogen and oxygen atoms in total. The van der Waals surface area contributed by atoms with Gasteiger partial charge in [0.05, 0.1) is 15.6 Å². The van der Waals surface area contributed by atoms with Gasteiger partial charge in [0, 0.05) is 0 Å². The zero-order valence-corrected chi connectivity index (χ0v) is 9.38. The number of nitrogens with two attached hydrogens (primary N) is 1. The molecule has 0 radical (unpaired) electrons. The Kier molecular flexibility index (Phi) is 2.80. The van der Waals surface area contributed by atoms with Crippen molar-refractivity contribution in [2.45, 2.75) is 0 Å². The van der Waals surface area contributed by atoms with E-state index in [9.17, 15) is 4.79 Å². The standard InChI is InChI=1S/C9H6Cl2N4O/c10-4-2-1-3-5(11)6(4)7-13-8(12)15-9(16)14-7/h1-3H,(H3,12,13,14,15,16). The molecule has 16 heavy (non-hydrogen) atoms. The van der Waals surface area contributed by atoms with Crippen LogP contribution >= 0.6 is 23.2 Å². The second-order valence-corrected chi connectivity index (χ2v) is 3.77. The number of halogens is 2. The Morgan fingerprint density at radius 2 is 1.81 bits per heavy atom. The highest BCUT2D eigenvalue weighted by Crippen LogP contribution is 2.31. The molecule has 2 rings (SSSR count). The minimum atomic E-state index is -0.599. The molecule has 0 bridgehead atoms. The summed E-state index contributed by atoms with van der Waals surface area (Å²) in [6.45, 7) is 0. The predicted molar refractivity (Wildman–Crippen MR) is 62.5 cm³/mol. The molecule has 0 aliphatic heterocycles. The second kappa shape index (κ2) is 4.11. The Morgan fingerprint density at radius 3 is 2.38 bits per heavy atom. The van der Waals surface area contributed by atoms with Crippen molar-refractivity contribution in [1.29, 1.82) is 0 Å². The highest BCUT2D eigenvalue weighted by molar-refractivity contribution is 6.38. The number of aromatic nitrogens is 3. The third kappa shape index (κ3) is 2.00. The number of H-pyrrole nitrogens is 1. The van der Waals surface area contributed by atoms with Crippen molar-refractivity contribution in [2.75, 3.05) is 5.73 Å². The summed E-state index contributed by atoms with van der Waals surface area (Å²) in [6.07, 6.45) is 0. The van der Waals surface area contributed by atoms with E-state index in [1.807, 2.05) is 0 Å². The van der Waals surface area contributed by atoms with Crippen LogP contribution in [0.3, 0.4) is 0 Å². The lowest BCUT2D eigenvalue weighted by atomic mass is 10.2. The number of benzene rings is 1. The summed E-state index contributed by atoms with van der Waals surface area (Å²) in [4.78, 5) is 20.8. The largest absolute Gasteiger partial charge is 0.368 e. The van der Waals surface area contributed by atoms with Crippen LogP contribution in [0.4, 0.5) is 5.95 Å². The highest BCUT2D eigenvalue weighted by atomic mass is 35.5. The van der Waals surface area contributed by atoms with Gasteiger partial charge in [-0.25, -0.2) is 4.79 Å². The first kappa shape index (κ1) is 10.9. The summed E-state index contributed by atoms with van der Waals surface area (Å²) in [6, 6.07) is 4.97. The van der Waals surface area contributed by atoms with E-state index < -0.39 is 5.69 Å². The SMILES string of the molecule is Nc1nc(-c2c(Cl)cccc2Cl)[nH]c(=O)n1. The third-order valence-electron chi connectivity index (χ3n) is 1.87. The fourth-order valence-electron chi connectivity index (χ4n) is 1.24. The van der Waals surface area contributed by atoms with Gasteiger partial charge in [0.25, 0.3) is 0 Å². The number of nitrogen functional groups attached to an aromatic ring is 1. The van der Waals surface area contributed by atoms with Crippen LogP contribution in [-0.4, -0.2) is 15.0 Å². The summed E-state index contributed by atoms with van der Waals surface area (Å²) in [5.74, 6) is 0.0721. The van der Waals surface area contributed by atoms with Crippen LogP contribution in [0.2, 0.25) is 10.0 Å². The Labute approximate surface area is 100 Å². The number of hydrogen-bond acceptors (Lipinski definition) is 4. The molecule has 0 aliphatic rings. The van der Waals surface area contributed by atoms with E-state index in [0.717, 1.165) is 0 Å². The summed E-state index contributed by atoms with van der Waals surface area (Å²) < 4.78 is 0. The second-order valence-electron chi connectivity index (χ2n) is 2.96. The molecule has 0 saturated heterocycles. The molecule has 0 amide bonds. The van der Waals surface area contributed by atoms with Crippen LogP contribution in [0.5, 0.6) is 0 Å². The van der Waals surface area contributed by atoms with E-state index in [1.165, 1.54) is 0 Å². The fraction of sp³-hybridized carbons (Fsp3) is 0. The highest BCUT2D eigenvalue weighted by Gasteiger charge is 2.11. The Bertz CT molecular complexity index is 576. The van der Waals surface area contributed by atoms with Gasteiger partial charge in [-0.15, -0.1) is 0 Å². The topological polar surface area (TPSA) is 84.7 Å². The van der Waals surface area contributed by atoms with Crippen molar-refractivity contribution >= 4 is 29.2 Å². The van der Waals surface area contributed by atoms with Gasteiger partial charge in [0.2, 0.25) is 5.95 Å².